The fraction of sp³-hybridized carbons (Fsp3) is 0.533. The molecule has 1 aliphatic heterocycles. The van der Waals surface area contributed by atoms with Crippen molar-refractivity contribution in [2.75, 3.05) is 31.2 Å². The number of rotatable bonds is 4. The summed E-state index contributed by atoms with van der Waals surface area (Å²) in [5, 5.41) is 2.78. The highest BCUT2D eigenvalue weighted by Crippen LogP contribution is 2.33. The maximum atomic E-state index is 12.8. The van der Waals surface area contributed by atoms with Gasteiger partial charge in [0.2, 0.25) is 5.91 Å². The molecule has 1 amide bonds. The van der Waals surface area contributed by atoms with E-state index < -0.39 is 12.1 Å². The van der Waals surface area contributed by atoms with Crippen LogP contribution < -0.4 is 5.32 Å². The van der Waals surface area contributed by atoms with Crippen molar-refractivity contribution >= 4 is 23.4 Å². The van der Waals surface area contributed by atoms with Gasteiger partial charge in [-0.25, -0.2) is 0 Å². The highest BCUT2D eigenvalue weighted by Gasteiger charge is 2.41. The number of hydrogen-bond donors (Lipinski definition) is 1. The minimum absolute atomic E-state index is 0.00467. The van der Waals surface area contributed by atoms with E-state index in [-0.39, 0.29) is 25.4 Å². The summed E-state index contributed by atoms with van der Waals surface area (Å²) in [5.41, 5.74) is 0.699. The molecule has 3 nitrogen and oxygen atoms in total. The van der Waals surface area contributed by atoms with Crippen molar-refractivity contribution in [2.24, 2.45) is 5.92 Å². The van der Waals surface area contributed by atoms with Crippen LogP contribution in [0.1, 0.15) is 12.8 Å². The first-order valence-corrected chi connectivity index (χ1v) is 8.34. The van der Waals surface area contributed by atoms with Crippen molar-refractivity contribution in [3.63, 3.8) is 0 Å². The predicted molar refractivity (Wildman–Crippen MR) is 82.1 cm³/mol. The summed E-state index contributed by atoms with van der Waals surface area (Å²) in [6.45, 7) is 0.431. The highest BCUT2D eigenvalue weighted by atomic mass is 32.2. The Hall–Kier alpha value is -1.21. The first kappa shape index (κ1) is 17.1. The van der Waals surface area contributed by atoms with Crippen LogP contribution in [-0.2, 0) is 4.79 Å². The van der Waals surface area contributed by atoms with Gasteiger partial charge in [-0.2, -0.15) is 13.2 Å². The van der Waals surface area contributed by atoms with Gasteiger partial charge in [0.1, 0.15) is 0 Å². The number of para-hydroxylation sites is 1. The number of anilines is 1. The van der Waals surface area contributed by atoms with Gasteiger partial charge in [0.25, 0.3) is 0 Å². The largest absolute Gasteiger partial charge is 0.393 e. The molecule has 7 heteroatoms. The molecule has 1 atom stereocenters. The maximum absolute atomic E-state index is 12.8. The second-order valence-electron chi connectivity index (χ2n) is 5.36. The number of carbonyl (C=O) groups excluding carboxylic acids is 1. The van der Waals surface area contributed by atoms with Gasteiger partial charge in [-0.05, 0) is 37.8 Å². The summed E-state index contributed by atoms with van der Waals surface area (Å²) < 4.78 is 38.3. The Bertz CT molecular complexity index is 522. The maximum Gasteiger partial charge on any atom is 0.393 e. The van der Waals surface area contributed by atoms with Crippen LogP contribution in [0.2, 0.25) is 0 Å². The molecule has 0 saturated carbocycles. The van der Waals surface area contributed by atoms with Crippen LogP contribution in [0, 0.1) is 5.92 Å². The number of hydrogen-bond acceptors (Lipinski definition) is 3. The summed E-state index contributed by atoms with van der Waals surface area (Å²) in [6, 6.07) is 7.37. The molecule has 0 spiro atoms. The van der Waals surface area contributed by atoms with Crippen LogP contribution >= 0.6 is 11.8 Å². The number of benzene rings is 1. The van der Waals surface area contributed by atoms with Gasteiger partial charge in [-0.3, -0.25) is 9.69 Å². The second-order valence-corrected chi connectivity index (χ2v) is 6.21. The summed E-state index contributed by atoms with van der Waals surface area (Å²) >= 11 is 1.51. The molecule has 0 bridgehead atoms. The number of piperidine rings is 1. The molecular weight excluding hydrogens is 313 g/mol. The standard InChI is InChI=1S/C15H19F3N2OS/c1-22-13-7-3-2-6-12(13)19-14(21)10-20-8-4-5-11(9-20)15(16,17)18/h2-3,6-7,11H,4-5,8-10H2,1H3,(H,19,21)/t11-/m0/s1. The summed E-state index contributed by atoms with van der Waals surface area (Å²) in [5.74, 6) is -1.60. The molecule has 22 heavy (non-hydrogen) atoms. The molecule has 1 aromatic rings. The van der Waals surface area contributed by atoms with Gasteiger partial charge in [0.15, 0.2) is 0 Å². The van der Waals surface area contributed by atoms with Gasteiger partial charge in [-0.15, -0.1) is 11.8 Å². The third kappa shape index (κ3) is 4.64. The van der Waals surface area contributed by atoms with E-state index in [0.717, 1.165) is 4.90 Å². The number of carbonyl (C=O) groups is 1. The van der Waals surface area contributed by atoms with Crippen LogP contribution in [0.3, 0.4) is 0 Å². The molecule has 0 unspecified atom stereocenters. The average Bonchev–Trinajstić information content (AvgIpc) is 2.47. The molecule has 0 radical (unpaired) electrons. The van der Waals surface area contributed by atoms with Crippen molar-refractivity contribution in [1.82, 2.24) is 4.90 Å². The van der Waals surface area contributed by atoms with Crippen molar-refractivity contribution < 1.29 is 18.0 Å². The van der Waals surface area contributed by atoms with Gasteiger partial charge in [-0.1, -0.05) is 12.1 Å². The van der Waals surface area contributed by atoms with Gasteiger partial charge < -0.3 is 5.32 Å². The SMILES string of the molecule is CSc1ccccc1NC(=O)CN1CCC[C@H](C(F)(F)F)C1. The first-order chi connectivity index (χ1) is 10.4. The predicted octanol–water partition coefficient (Wildman–Crippen LogP) is 3.62. The topological polar surface area (TPSA) is 32.3 Å². The number of amides is 1. The quantitative estimate of drug-likeness (QED) is 0.855. The Morgan fingerprint density at radius 1 is 1.41 bits per heavy atom. The average molecular weight is 332 g/mol. The van der Waals surface area contributed by atoms with Crippen LogP contribution in [0.15, 0.2) is 29.2 Å². The molecule has 1 fully saturated rings. The van der Waals surface area contributed by atoms with Crippen molar-refractivity contribution in [3.8, 4) is 0 Å². The fourth-order valence-electron chi connectivity index (χ4n) is 2.61. The number of nitrogens with zero attached hydrogens (tertiary/aromatic N) is 1. The zero-order chi connectivity index (χ0) is 16.2. The Morgan fingerprint density at radius 3 is 2.82 bits per heavy atom. The third-order valence-corrected chi connectivity index (χ3v) is 4.51. The highest BCUT2D eigenvalue weighted by molar-refractivity contribution is 7.98. The van der Waals surface area contributed by atoms with Crippen LogP contribution in [0.5, 0.6) is 0 Å². The smallest absolute Gasteiger partial charge is 0.324 e. The van der Waals surface area contributed by atoms with E-state index in [1.165, 1.54) is 11.8 Å². The number of thioether (sulfide) groups is 1. The van der Waals surface area contributed by atoms with E-state index in [9.17, 15) is 18.0 Å². The van der Waals surface area contributed by atoms with Crippen LogP contribution in [0.4, 0.5) is 18.9 Å². The van der Waals surface area contributed by atoms with E-state index in [2.05, 4.69) is 5.32 Å². The number of halogens is 3. The Labute approximate surface area is 132 Å². The van der Waals surface area contributed by atoms with E-state index in [1.807, 2.05) is 24.5 Å². The molecule has 0 aromatic heterocycles. The minimum Gasteiger partial charge on any atom is -0.324 e. The third-order valence-electron chi connectivity index (χ3n) is 3.72. The Balaban J connectivity index is 1.92. The molecule has 1 N–H and O–H groups in total. The minimum atomic E-state index is -4.18. The van der Waals surface area contributed by atoms with Crippen molar-refractivity contribution in [3.05, 3.63) is 24.3 Å². The Kier molecular flexibility index (Phi) is 5.74. The number of likely N-dealkylation sites (tertiary alicyclic amines) is 1. The van der Waals surface area contributed by atoms with Crippen molar-refractivity contribution in [1.29, 1.82) is 0 Å². The Morgan fingerprint density at radius 2 is 2.14 bits per heavy atom. The number of nitrogens with one attached hydrogen (secondary N) is 1. The van der Waals surface area contributed by atoms with Gasteiger partial charge >= 0.3 is 6.18 Å². The zero-order valence-corrected chi connectivity index (χ0v) is 13.1. The van der Waals surface area contributed by atoms with E-state index in [1.54, 1.807) is 11.0 Å². The molecule has 1 aromatic carbocycles. The lowest BCUT2D eigenvalue weighted by molar-refractivity contribution is -0.186. The summed E-state index contributed by atoms with van der Waals surface area (Å²) in [6.07, 6.45) is -1.65. The lowest BCUT2D eigenvalue weighted by Gasteiger charge is -2.33. The first-order valence-electron chi connectivity index (χ1n) is 7.12. The molecule has 1 heterocycles. The monoisotopic (exact) mass is 332 g/mol. The molecule has 122 valence electrons. The fourth-order valence-corrected chi connectivity index (χ4v) is 3.16. The van der Waals surface area contributed by atoms with E-state index in [4.69, 9.17) is 0 Å². The van der Waals surface area contributed by atoms with Gasteiger partial charge in [0, 0.05) is 11.4 Å². The second kappa shape index (κ2) is 7.37. The van der Waals surface area contributed by atoms with E-state index >= 15 is 0 Å². The number of alkyl halides is 3. The lowest BCUT2D eigenvalue weighted by atomic mass is 9.97. The van der Waals surface area contributed by atoms with Crippen LogP contribution in [0.25, 0.3) is 0 Å². The summed E-state index contributed by atoms with van der Waals surface area (Å²) in [4.78, 5) is 14.6. The molecule has 2 rings (SSSR count). The van der Waals surface area contributed by atoms with Crippen molar-refractivity contribution in [2.45, 2.75) is 23.9 Å². The lowest BCUT2D eigenvalue weighted by Crippen LogP contribution is -2.44. The summed E-state index contributed by atoms with van der Waals surface area (Å²) in [7, 11) is 0. The molecule has 1 aliphatic rings. The normalized spacial score (nSPS) is 19.9. The van der Waals surface area contributed by atoms with Crippen LogP contribution in [-0.4, -0.2) is 42.9 Å². The molecular formula is C15H19F3N2OS. The van der Waals surface area contributed by atoms with Gasteiger partial charge in [0.05, 0.1) is 18.2 Å². The zero-order valence-electron chi connectivity index (χ0n) is 12.3. The molecule has 0 aliphatic carbocycles. The van der Waals surface area contributed by atoms with E-state index in [0.29, 0.717) is 18.7 Å². The molecule has 1 saturated heterocycles.